The number of hydrogen-bond acceptors (Lipinski definition) is 3. The zero-order chi connectivity index (χ0) is 15.5. The van der Waals surface area contributed by atoms with Gasteiger partial charge in [-0.25, -0.2) is 9.37 Å². The van der Waals surface area contributed by atoms with Gasteiger partial charge in [0.1, 0.15) is 5.82 Å². The minimum atomic E-state index is -0.303. The Morgan fingerprint density at radius 3 is 2.91 bits per heavy atom. The number of hydrogen-bond donors (Lipinski definition) is 0. The molecule has 2 heterocycles. The van der Waals surface area contributed by atoms with Crippen LogP contribution in [0.1, 0.15) is 31.4 Å². The Bertz CT molecular complexity index is 689. The zero-order valence-electron chi connectivity index (χ0n) is 12.5. The van der Waals surface area contributed by atoms with E-state index in [-0.39, 0.29) is 17.6 Å². The summed E-state index contributed by atoms with van der Waals surface area (Å²) in [6, 6.07) is 6.56. The van der Waals surface area contributed by atoms with Crippen molar-refractivity contribution in [1.82, 2.24) is 14.9 Å². The van der Waals surface area contributed by atoms with Gasteiger partial charge in [-0.3, -0.25) is 9.78 Å². The quantitative estimate of drug-likeness (QED) is 0.856. The molecule has 1 atom stereocenters. The zero-order valence-corrected chi connectivity index (χ0v) is 12.5. The summed E-state index contributed by atoms with van der Waals surface area (Å²) in [5.74, 6) is -0.0530. The van der Waals surface area contributed by atoms with Crippen molar-refractivity contribution in [3.05, 3.63) is 48.2 Å². The summed E-state index contributed by atoms with van der Waals surface area (Å²) in [5, 5.41) is 0. The summed E-state index contributed by atoms with van der Waals surface area (Å²) < 4.78 is 13.9. The maximum absolute atomic E-state index is 13.9. The van der Waals surface area contributed by atoms with E-state index < -0.39 is 0 Å². The van der Waals surface area contributed by atoms with Gasteiger partial charge in [0.25, 0.3) is 0 Å². The summed E-state index contributed by atoms with van der Waals surface area (Å²) in [5.41, 5.74) is 1.82. The number of likely N-dealkylation sites (tertiary alicyclic amines) is 1. The molecule has 0 N–H and O–H groups in total. The Balaban J connectivity index is 1.88. The summed E-state index contributed by atoms with van der Waals surface area (Å²) >= 11 is 0. The molecule has 1 aliphatic rings. The van der Waals surface area contributed by atoms with Crippen molar-refractivity contribution < 1.29 is 9.18 Å². The lowest BCUT2D eigenvalue weighted by Crippen LogP contribution is -2.37. The molecule has 0 spiro atoms. The lowest BCUT2D eigenvalue weighted by molar-refractivity contribution is -0.130. The first-order valence-electron chi connectivity index (χ1n) is 7.47. The summed E-state index contributed by atoms with van der Waals surface area (Å²) in [6.07, 6.45) is 5.22. The van der Waals surface area contributed by atoms with E-state index in [4.69, 9.17) is 0 Å². The molecule has 1 amide bonds. The van der Waals surface area contributed by atoms with Gasteiger partial charge >= 0.3 is 0 Å². The van der Waals surface area contributed by atoms with Crippen LogP contribution in [0.4, 0.5) is 4.39 Å². The van der Waals surface area contributed by atoms with Gasteiger partial charge in [-0.15, -0.1) is 0 Å². The molecule has 0 aliphatic carbocycles. The third-order valence-electron chi connectivity index (χ3n) is 4.09. The minimum absolute atomic E-state index is 0.0860. The second-order valence-corrected chi connectivity index (χ2v) is 5.61. The number of nitrogens with zero attached hydrogens (tertiary/aromatic N) is 3. The lowest BCUT2D eigenvalue weighted by atomic mass is 9.95. The minimum Gasteiger partial charge on any atom is -0.342 e. The van der Waals surface area contributed by atoms with Crippen LogP contribution in [0.15, 0.2) is 36.7 Å². The smallest absolute Gasteiger partial charge is 0.219 e. The molecule has 1 fully saturated rings. The molecule has 114 valence electrons. The molecule has 2 aromatic rings. The van der Waals surface area contributed by atoms with Crippen LogP contribution in [0.3, 0.4) is 0 Å². The fraction of sp³-hybridized carbons (Fsp3) is 0.353. The van der Waals surface area contributed by atoms with Crippen LogP contribution in [-0.2, 0) is 4.79 Å². The van der Waals surface area contributed by atoms with Gasteiger partial charge in [0.2, 0.25) is 5.91 Å². The molecule has 0 saturated carbocycles. The molecule has 1 aliphatic heterocycles. The highest BCUT2D eigenvalue weighted by molar-refractivity contribution is 5.73. The van der Waals surface area contributed by atoms with E-state index in [0.717, 1.165) is 25.1 Å². The number of benzene rings is 1. The highest BCUT2D eigenvalue weighted by atomic mass is 19.1. The standard InChI is InChI=1S/C17H18FN3O/c1-12(22)21-8-4-5-13(11-21)16-9-19-10-17(20-16)14-6-2-3-7-15(14)18/h2-3,6-7,9-10,13H,4-5,8,11H2,1H3. The fourth-order valence-corrected chi connectivity index (χ4v) is 2.88. The molecule has 1 unspecified atom stereocenters. The molecule has 1 saturated heterocycles. The van der Waals surface area contributed by atoms with E-state index in [1.54, 1.807) is 37.5 Å². The third kappa shape index (κ3) is 2.98. The number of carbonyl (C=O) groups excluding carboxylic acids is 1. The van der Waals surface area contributed by atoms with Crippen molar-refractivity contribution in [2.75, 3.05) is 13.1 Å². The Kier molecular flexibility index (Phi) is 4.13. The van der Waals surface area contributed by atoms with Gasteiger partial charge in [0.15, 0.2) is 0 Å². The normalized spacial score (nSPS) is 18.3. The van der Waals surface area contributed by atoms with Crippen LogP contribution in [-0.4, -0.2) is 33.9 Å². The summed E-state index contributed by atoms with van der Waals surface area (Å²) in [4.78, 5) is 22.2. The monoisotopic (exact) mass is 299 g/mol. The first kappa shape index (κ1) is 14.6. The van der Waals surface area contributed by atoms with Gasteiger partial charge in [0, 0.05) is 37.7 Å². The van der Waals surface area contributed by atoms with Gasteiger partial charge < -0.3 is 4.90 Å². The first-order valence-corrected chi connectivity index (χ1v) is 7.47. The number of carbonyl (C=O) groups is 1. The Labute approximate surface area is 129 Å². The van der Waals surface area contributed by atoms with Crippen molar-refractivity contribution in [3.63, 3.8) is 0 Å². The molecule has 22 heavy (non-hydrogen) atoms. The Hall–Kier alpha value is -2.30. The van der Waals surface area contributed by atoms with Crippen LogP contribution in [0.25, 0.3) is 11.3 Å². The van der Waals surface area contributed by atoms with Crippen molar-refractivity contribution in [2.45, 2.75) is 25.7 Å². The van der Waals surface area contributed by atoms with Crippen molar-refractivity contribution in [2.24, 2.45) is 0 Å². The van der Waals surface area contributed by atoms with E-state index >= 15 is 0 Å². The maximum atomic E-state index is 13.9. The SMILES string of the molecule is CC(=O)N1CCCC(c2cncc(-c3ccccc3F)n2)C1. The molecular weight excluding hydrogens is 281 g/mol. The van der Waals surface area contributed by atoms with Crippen molar-refractivity contribution in [1.29, 1.82) is 0 Å². The lowest BCUT2D eigenvalue weighted by Gasteiger charge is -2.31. The van der Waals surface area contributed by atoms with Crippen LogP contribution in [0.5, 0.6) is 0 Å². The average Bonchev–Trinajstić information content (AvgIpc) is 2.55. The van der Waals surface area contributed by atoms with E-state index in [1.165, 1.54) is 6.07 Å². The Morgan fingerprint density at radius 2 is 2.14 bits per heavy atom. The number of amides is 1. The molecule has 3 rings (SSSR count). The Morgan fingerprint density at radius 1 is 1.32 bits per heavy atom. The average molecular weight is 299 g/mol. The van der Waals surface area contributed by atoms with E-state index in [1.807, 2.05) is 4.90 Å². The van der Waals surface area contributed by atoms with E-state index in [2.05, 4.69) is 9.97 Å². The van der Waals surface area contributed by atoms with Gasteiger partial charge in [-0.2, -0.15) is 0 Å². The highest BCUT2D eigenvalue weighted by Gasteiger charge is 2.24. The van der Waals surface area contributed by atoms with Crippen molar-refractivity contribution in [3.8, 4) is 11.3 Å². The van der Waals surface area contributed by atoms with Crippen LogP contribution in [0.2, 0.25) is 0 Å². The number of piperidine rings is 1. The number of aromatic nitrogens is 2. The van der Waals surface area contributed by atoms with E-state index in [9.17, 15) is 9.18 Å². The third-order valence-corrected chi connectivity index (χ3v) is 4.09. The van der Waals surface area contributed by atoms with Crippen molar-refractivity contribution >= 4 is 5.91 Å². The van der Waals surface area contributed by atoms with Gasteiger partial charge in [0.05, 0.1) is 17.6 Å². The second kappa shape index (κ2) is 6.22. The molecular formula is C17H18FN3O. The van der Waals surface area contributed by atoms with Crippen LogP contribution < -0.4 is 0 Å². The predicted molar refractivity (Wildman–Crippen MR) is 81.7 cm³/mol. The van der Waals surface area contributed by atoms with Crippen LogP contribution >= 0.6 is 0 Å². The molecule has 0 bridgehead atoms. The molecule has 0 radical (unpaired) electrons. The number of rotatable bonds is 2. The topological polar surface area (TPSA) is 46.1 Å². The summed E-state index contributed by atoms with van der Waals surface area (Å²) in [7, 11) is 0. The fourth-order valence-electron chi connectivity index (χ4n) is 2.88. The first-order chi connectivity index (χ1) is 10.6. The van der Waals surface area contributed by atoms with Gasteiger partial charge in [-0.05, 0) is 25.0 Å². The highest BCUT2D eigenvalue weighted by Crippen LogP contribution is 2.27. The molecule has 5 heteroatoms. The maximum Gasteiger partial charge on any atom is 0.219 e. The summed E-state index contributed by atoms with van der Waals surface area (Å²) in [6.45, 7) is 3.04. The predicted octanol–water partition coefficient (Wildman–Crippen LogP) is 3.01. The van der Waals surface area contributed by atoms with Crippen LogP contribution in [0, 0.1) is 5.82 Å². The second-order valence-electron chi connectivity index (χ2n) is 5.61. The molecule has 4 nitrogen and oxygen atoms in total. The molecule has 1 aromatic carbocycles. The largest absolute Gasteiger partial charge is 0.342 e. The number of halogens is 1. The molecule has 1 aromatic heterocycles. The van der Waals surface area contributed by atoms with Gasteiger partial charge in [-0.1, -0.05) is 12.1 Å². The van der Waals surface area contributed by atoms with E-state index in [0.29, 0.717) is 17.8 Å².